The zero-order valence-corrected chi connectivity index (χ0v) is 11.2. The SMILES string of the molecule is Nc1ccccc1CS(=O)(=O)NCCn1ccnc1. The van der Waals surface area contributed by atoms with Crippen molar-refractivity contribution in [3.8, 4) is 0 Å². The molecule has 0 aliphatic heterocycles. The number of rotatable bonds is 6. The molecule has 0 radical (unpaired) electrons. The van der Waals surface area contributed by atoms with Crippen molar-refractivity contribution < 1.29 is 8.42 Å². The van der Waals surface area contributed by atoms with Gasteiger partial charge >= 0.3 is 0 Å². The Morgan fingerprint density at radius 3 is 2.79 bits per heavy atom. The molecule has 3 N–H and O–H groups in total. The predicted molar refractivity (Wildman–Crippen MR) is 73.7 cm³/mol. The van der Waals surface area contributed by atoms with Crippen molar-refractivity contribution in [3.63, 3.8) is 0 Å². The molecule has 2 rings (SSSR count). The smallest absolute Gasteiger partial charge is 0.215 e. The van der Waals surface area contributed by atoms with Crippen molar-refractivity contribution in [1.82, 2.24) is 14.3 Å². The number of nitrogens with zero attached hydrogens (tertiary/aromatic N) is 2. The number of hydrogen-bond donors (Lipinski definition) is 2. The highest BCUT2D eigenvalue weighted by atomic mass is 32.2. The van der Waals surface area contributed by atoms with Crippen LogP contribution in [0.4, 0.5) is 5.69 Å². The molecule has 0 unspecified atom stereocenters. The minimum atomic E-state index is -3.37. The van der Waals surface area contributed by atoms with Gasteiger partial charge in [0.2, 0.25) is 10.0 Å². The Labute approximate surface area is 112 Å². The lowest BCUT2D eigenvalue weighted by Crippen LogP contribution is -2.28. The third-order valence-electron chi connectivity index (χ3n) is 2.65. The van der Waals surface area contributed by atoms with E-state index in [2.05, 4.69) is 9.71 Å². The molecule has 7 heteroatoms. The van der Waals surface area contributed by atoms with Crippen LogP contribution in [-0.2, 0) is 22.3 Å². The molecule has 1 aromatic carbocycles. The summed E-state index contributed by atoms with van der Waals surface area (Å²) in [6.45, 7) is 0.870. The van der Waals surface area contributed by atoms with Crippen LogP contribution in [0.1, 0.15) is 5.56 Å². The summed E-state index contributed by atoms with van der Waals surface area (Å²) in [7, 11) is -3.37. The first kappa shape index (κ1) is 13.6. The van der Waals surface area contributed by atoms with Crippen molar-refractivity contribution in [2.75, 3.05) is 12.3 Å². The van der Waals surface area contributed by atoms with E-state index in [4.69, 9.17) is 5.73 Å². The van der Waals surface area contributed by atoms with Gasteiger partial charge in [0.1, 0.15) is 0 Å². The van der Waals surface area contributed by atoms with E-state index in [0.29, 0.717) is 24.3 Å². The van der Waals surface area contributed by atoms with Crippen molar-refractivity contribution in [1.29, 1.82) is 0 Å². The van der Waals surface area contributed by atoms with Gasteiger partial charge in [0, 0.05) is 31.2 Å². The lowest BCUT2D eigenvalue weighted by atomic mass is 10.2. The first-order valence-corrected chi connectivity index (χ1v) is 7.48. The quantitative estimate of drug-likeness (QED) is 0.758. The van der Waals surface area contributed by atoms with E-state index in [9.17, 15) is 8.42 Å². The van der Waals surface area contributed by atoms with Gasteiger partial charge in [0.15, 0.2) is 0 Å². The molecule has 0 atom stereocenters. The van der Waals surface area contributed by atoms with Crippen LogP contribution < -0.4 is 10.5 Å². The van der Waals surface area contributed by atoms with E-state index in [1.807, 2.05) is 0 Å². The van der Waals surface area contributed by atoms with Gasteiger partial charge in [-0.25, -0.2) is 18.1 Å². The molecular weight excluding hydrogens is 264 g/mol. The Hall–Kier alpha value is -1.86. The normalized spacial score (nSPS) is 11.6. The zero-order chi connectivity index (χ0) is 13.7. The number of nitrogen functional groups attached to an aromatic ring is 1. The lowest BCUT2D eigenvalue weighted by Gasteiger charge is -2.08. The average molecular weight is 280 g/mol. The van der Waals surface area contributed by atoms with Crippen LogP contribution in [-0.4, -0.2) is 24.5 Å². The molecule has 0 saturated carbocycles. The van der Waals surface area contributed by atoms with E-state index < -0.39 is 10.0 Å². The van der Waals surface area contributed by atoms with E-state index in [0.717, 1.165) is 0 Å². The van der Waals surface area contributed by atoms with Gasteiger partial charge in [0.25, 0.3) is 0 Å². The standard InChI is InChI=1S/C12H16N4O2S/c13-12-4-2-1-3-11(12)9-19(17,18)15-6-8-16-7-5-14-10-16/h1-5,7,10,15H,6,8-9,13H2. The van der Waals surface area contributed by atoms with Gasteiger partial charge in [-0.15, -0.1) is 0 Å². The number of benzene rings is 1. The molecule has 0 saturated heterocycles. The Morgan fingerprint density at radius 1 is 1.32 bits per heavy atom. The van der Waals surface area contributed by atoms with E-state index in [1.54, 1.807) is 47.6 Å². The number of sulfonamides is 1. The van der Waals surface area contributed by atoms with Crippen molar-refractivity contribution >= 4 is 15.7 Å². The highest BCUT2D eigenvalue weighted by molar-refractivity contribution is 7.88. The molecule has 1 heterocycles. The molecule has 0 fully saturated rings. The fraction of sp³-hybridized carbons (Fsp3) is 0.250. The average Bonchev–Trinajstić information content (AvgIpc) is 2.85. The van der Waals surface area contributed by atoms with Crippen LogP contribution in [0.3, 0.4) is 0 Å². The summed E-state index contributed by atoms with van der Waals surface area (Å²) in [5.74, 6) is -0.108. The summed E-state index contributed by atoms with van der Waals surface area (Å²) < 4.78 is 28.1. The third-order valence-corrected chi connectivity index (χ3v) is 3.99. The number of nitrogens with one attached hydrogen (secondary N) is 1. The first-order valence-electron chi connectivity index (χ1n) is 5.83. The summed E-state index contributed by atoms with van der Waals surface area (Å²) in [6, 6.07) is 6.95. The maximum Gasteiger partial charge on any atom is 0.215 e. The molecule has 0 spiro atoms. The Kier molecular flexibility index (Phi) is 4.18. The topological polar surface area (TPSA) is 90.0 Å². The predicted octanol–water partition coefficient (Wildman–Crippen LogP) is 0.585. The Morgan fingerprint density at radius 2 is 2.11 bits per heavy atom. The van der Waals surface area contributed by atoms with Crippen LogP contribution >= 0.6 is 0 Å². The molecule has 2 aromatic rings. The Bertz CT molecular complexity index is 623. The highest BCUT2D eigenvalue weighted by Crippen LogP contribution is 2.13. The second-order valence-electron chi connectivity index (χ2n) is 4.15. The molecule has 102 valence electrons. The van der Waals surface area contributed by atoms with Gasteiger partial charge in [-0.1, -0.05) is 18.2 Å². The van der Waals surface area contributed by atoms with Crippen molar-refractivity contribution in [3.05, 3.63) is 48.5 Å². The number of anilines is 1. The summed E-state index contributed by atoms with van der Waals surface area (Å²) in [4.78, 5) is 3.89. The second-order valence-corrected chi connectivity index (χ2v) is 5.96. The molecule has 0 amide bonds. The molecule has 6 nitrogen and oxygen atoms in total. The third kappa shape index (κ3) is 4.08. The molecule has 0 bridgehead atoms. The molecular formula is C12H16N4O2S. The number of para-hydroxylation sites is 1. The first-order chi connectivity index (χ1) is 9.07. The summed E-state index contributed by atoms with van der Waals surface area (Å²) in [5.41, 5.74) is 6.83. The van der Waals surface area contributed by atoms with Gasteiger partial charge in [0.05, 0.1) is 12.1 Å². The molecule has 0 aliphatic rings. The van der Waals surface area contributed by atoms with E-state index in [1.165, 1.54) is 0 Å². The minimum Gasteiger partial charge on any atom is -0.398 e. The van der Waals surface area contributed by atoms with Crippen molar-refractivity contribution in [2.24, 2.45) is 0 Å². The van der Waals surface area contributed by atoms with Crippen LogP contribution in [0.2, 0.25) is 0 Å². The van der Waals surface area contributed by atoms with Crippen LogP contribution in [0.5, 0.6) is 0 Å². The van der Waals surface area contributed by atoms with E-state index in [-0.39, 0.29) is 5.75 Å². The minimum absolute atomic E-state index is 0.108. The number of nitrogens with two attached hydrogens (primary N) is 1. The summed E-state index contributed by atoms with van der Waals surface area (Å²) in [6.07, 6.45) is 5.08. The maximum absolute atomic E-state index is 11.9. The number of aromatic nitrogens is 2. The highest BCUT2D eigenvalue weighted by Gasteiger charge is 2.12. The van der Waals surface area contributed by atoms with Crippen LogP contribution in [0, 0.1) is 0 Å². The zero-order valence-electron chi connectivity index (χ0n) is 10.4. The summed E-state index contributed by atoms with van der Waals surface area (Å²) in [5, 5.41) is 0. The fourth-order valence-electron chi connectivity index (χ4n) is 1.67. The lowest BCUT2D eigenvalue weighted by molar-refractivity contribution is 0.572. The monoisotopic (exact) mass is 280 g/mol. The number of hydrogen-bond acceptors (Lipinski definition) is 4. The Balaban J connectivity index is 1.90. The van der Waals surface area contributed by atoms with Crippen LogP contribution in [0.25, 0.3) is 0 Å². The number of imidazole rings is 1. The van der Waals surface area contributed by atoms with Gasteiger partial charge in [-0.05, 0) is 11.6 Å². The molecule has 1 aromatic heterocycles. The fourth-order valence-corrected chi connectivity index (χ4v) is 2.85. The second kappa shape index (κ2) is 5.85. The maximum atomic E-state index is 11.9. The van der Waals surface area contributed by atoms with Gasteiger partial charge in [-0.3, -0.25) is 0 Å². The van der Waals surface area contributed by atoms with Gasteiger partial charge < -0.3 is 10.3 Å². The molecule has 19 heavy (non-hydrogen) atoms. The largest absolute Gasteiger partial charge is 0.398 e. The molecule has 0 aliphatic carbocycles. The van der Waals surface area contributed by atoms with Gasteiger partial charge in [-0.2, -0.15) is 0 Å². The van der Waals surface area contributed by atoms with Crippen molar-refractivity contribution in [2.45, 2.75) is 12.3 Å². The van der Waals surface area contributed by atoms with Crippen LogP contribution in [0.15, 0.2) is 43.0 Å². The summed E-state index contributed by atoms with van der Waals surface area (Å²) >= 11 is 0. The van der Waals surface area contributed by atoms with E-state index >= 15 is 0 Å².